The summed E-state index contributed by atoms with van der Waals surface area (Å²) in [5.41, 5.74) is 8.14. The third-order valence-corrected chi connectivity index (χ3v) is 5.78. The minimum Gasteiger partial charge on any atom is -0.496 e. The first kappa shape index (κ1) is 17.3. The van der Waals surface area contributed by atoms with Crippen molar-refractivity contribution in [3.05, 3.63) is 42.1 Å². The third kappa shape index (κ3) is 4.10. The van der Waals surface area contributed by atoms with Crippen molar-refractivity contribution >= 4 is 15.8 Å². The van der Waals surface area contributed by atoms with E-state index < -0.39 is 10.0 Å². The highest BCUT2D eigenvalue weighted by Crippen LogP contribution is 2.30. The van der Waals surface area contributed by atoms with Crippen LogP contribution in [0.5, 0.6) is 5.75 Å². The molecule has 1 aromatic carbocycles. The third-order valence-electron chi connectivity index (χ3n) is 3.88. The minimum atomic E-state index is -3.23. The molecule has 3 N–H and O–H groups in total. The van der Waals surface area contributed by atoms with Crippen LogP contribution in [0.15, 0.2) is 36.5 Å². The predicted molar refractivity (Wildman–Crippen MR) is 97.5 cm³/mol. The second-order valence-corrected chi connectivity index (χ2v) is 7.77. The Bertz CT molecular complexity index is 942. The normalized spacial score (nSPS) is 13.8. The molecule has 1 saturated carbocycles. The van der Waals surface area contributed by atoms with Gasteiger partial charge >= 0.3 is 0 Å². The highest BCUT2D eigenvalue weighted by Gasteiger charge is 2.34. The van der Waals surface area contributed by atoms with E-state index in [9.17, 15) is 8.42 Å². The van der Waals surface area contributed by atoms with Gasteiger partial charge < -0.3 is 10.5 Å². The second-order valence-electron chi connectivity index (χ2n) is 5.72. The SMILES string of the molecule is COc1ccccc1-c1cnc(N)c(C#CCNS(=O)(=O)C2CC2)c1. The van der Waals surface area contributed by atoms with Gasteiger partial charge in [0.15, 0.2) is 0 Å². The standard InChI is InChI=1S/C18H19N3O3S/c1-24-17-7-3-2-6-16(17)14-11-13(18(19)20-12-14)5-4-10-21-25(22,23)15-8-9-15/h2-3,6-7,11-12,15,21H,8-10H2,1H3,(H2,19,20). The molecule has 6 nitrogen and oxygen atoms in total. The molecule has 0 spiro atoms. The van der Waals surface area contributed by atoms with Crippen molar-refractivity contribution in [2.45, 2.75) is 18.1 Å². The zero-order valence-electron chi connectivity index (χ0n) is 13.8. The van der Waals surface area contributed by atoms with E-state index in [0.717, 1.165) is 29.7 Å². The molecule has 2 aromatic rings. The largest absolute Gasteiger partial charge is 0.496 e. The highest BCUT2D eigenvalue weighted by molar-refractivity contribution is 7.90. The molecule has 0 unspecified atom stereocenters. The number of nitrogens with zero attached hydrogens (tertiary/aromatic N) is 1. The Hall–Kier alpha value is -2.56. The molecule has 0 amide bonds. The highest BCUT2D eigenvalue weighted by atomic mass is 32.2. The Morgan fingerprint density at radius 2 is 2.12 bits per heavy atom. The van der Waals surface area contributed by atoms with Crippen LogP contribution in [0, 0.1) is 11.8 Å². The fraction of sp³-hybridized carbons (Fsp3) is 0.278. The molecule has 0 radical (unpaired) electrons. The summed E-state index contributed by atoms with van der Waals surface area (Å²) in [5, 5.41) is -0.255. The fourth-order valence-electron chi connectivity index (χ4n) is 2.38. The van der Waals surface area contributed by atoms with Crippen molar-refractivity contribution in [1.29, 1.82) is 0 Å². The number of ether oxygens (including phenoxy) is 1. The first-order valence-corrected chi connectivity index (χ1v) is 9.42. The van der Waals surface area contributed by atoms with E-state index in [0.29, 0.717) is 11.4 Å². The van der Waals surface area contributed by atoms with E-state index in [2.05, 4.69) is 21.5 Å². The average molecular weight is 357 g/mol. The molecule has 1 aliphatic rings. The molecular weight excluding hydrogens is 338 g/mol. The Labute approximate surface area is 147 Å². The van der Waals surface area contributed by atoms with E-state index in [1.54, 1.807) is 13.3 Å². The van der Waals surface area contributed by atoms with Crippen LogP contribution in [-0.4, -0.2) is 32.3 Å². The molecule has 0 bridgehead atoms. The quantitative estimate of drug-likeness (QED) is 0.796. The van der Waals surface area contributed by atoms with Crippen LogP contribution in [0.4, 0.5) is 5.82 Å². The van der Waals surface area contributed by atoms with Gasteiger partial charge in [-0.05, 0) is 25.0 Å². The molecule has 1 fully saturated rings. The summed E-state index contributed by atoms with van der Waals surface area (Å²) < 4.78 is 31.4. The van der Waals surface area contributed by atoms with Crippen LogP contribution in [-0.2, 0) is 10.0 Å². The number of benzene rings is 1. The monoisotopic (exact) mass is 357 g/mol. The van der Waals surface area contributed by atoms with Crippen LogP contribution in [0.1, 0.15) is 18.4 Å². The number of anilines is 1. The summed E-state index contributed by atoms with van der Waals surface area (Å²) in [6.07, 6.45) is 3.11. The number of aromatic nitrogens is 1. The van der Waals surface area contributed by atoms with E-state index in [1.165, 1.54) is 0 Å². The molecule has 1 heterocycles. The van der Waals surface area contributed by atoms with Gasteiger partial charge in [-0.2, -0.15) is 0 Å². The number of nitrogen functional groups attached to an aromatic ring is 1. The van der Waals surface area contributed by atoms with Gasteiger partial charge in [-0.3, -0.25) is 0 Å². The smallest absolute Gasteiger partial charge is 0.215 e. The van der Waals surface area contributed by atoms with E-state index in [4.69, 9.17) is 10.5 Å². The molecule has 1 aromatic heterocycles. The van der Waals surface area contributed by atoms with Gasteiger partial charge in [-0.15, -0.1) is 0 Å². The number of para-hydroxylation sites is 1. The average Bonchev–Trinajstić information content (AvgIpc) is 3.46. The number of nitrogens with one attached hydrogen (secondary N) is 1. The van der Waals surface area contributed by atoms with Crippen molar-refractivity contribution in [3.8, 4) is 28.7 Å². The number of hydrogen-bond donors (Lipinski definition) is 2. The van der Waals surface area contributed by atoms with Crippen molar-refractivity contribution in [2.24, 2.45) is 0 Å². The number of pyridine rings is 1. The zero-order valence-corrected chi connectivity index (χ0v) is 14.6. The van der Waals surface area contributed by atoms with E-state index in [-0.39, 0.29) is 11.8 Å². The van der Waals surface area contributed by atoms with Crippen LogP contribution >= 0.6 is 0 Å². The topological polar surface area (TPSA) is 94.3 Å². The van der Waals surface area contributed by atoms with E-state index in [1.807, 2.05) is 30.3 Å². The molecular formula is C18H19N3O3S. The van der Waals surface area contributed by atoms with Gasteiger partial charge in [-0.25, -0.2) is 18.1 Å². The first-order chi connectivity index (χ1) is 12.0. The van der Waals surface area contributed by atoms with Crippen LogP contribution in [0.2, 0.25) is 0 Å². The van der Waals surface area contributed by atoms with Crippen molar-refractivity contribution < 1.29 is 13.2 Å². The summed E-state index contributed by atoms with van der Waals surface area (Å²) in [5.74, 6) is 6.71. The minimum absolute atomic E-state index is 0.0527. The lowest BCUT2D eigenvalue weighted by atomic mass is 10.0. The first-order valence-electron chi connectivity index (χ1n) is 7.87. The van der Waals surface area contributed by atoms with E-state index >= 15 is 0 Å². The van der Waals surface area contributed by atoms with Crippen LogP contribution < -0.4 is 15.2 Å². The van der Waals surface area contributed by atoms with Crippen molar-refractivity contribution in [2.75, 3.05) is 19.4 Å². The molecule has 130 valence electrons. The summed E-state index contributed by atoms with van der Waals surface area (Å²) >= 11 is 0. The van der Waals surface area contributed by atoms with Crippen LogP contribution in [0.3, 0.4) is 0 Å². The van der Waals surface area contributed by atoms with Gasteiger partial charge in [-0.1, -0.05) is 30.0 Å². The Balaban J connectivity index is 1.80. The molecule has 0 atom stereocenters. The second kappa shape index (κ2) is 7.13. The van der Waals surface area contributed by atoms with Gasteiger partial charge in [0.2, 0.25) is 10.0 Å². The van der Waals surface area contributed by atoms with Gasteiger partial charge in [0.05, 0.1) is 24.5 Å². The molecule has 25 heavy (non-hydrogen) atoms. The maximum absolute atomic E-state index is 11.8. The lowest BCUT2D eigenvalue weighted by molar-refractivity contribution is 0.416. The molecule has 0 saturated heterocycles. The molecule has 0 aliphatic heterocycles. The number of sulfonamides is 1. The Morgan fingerprint density at radius 3 is 2.84 bits per heavy atom. The maximum Gasteiger partial charge on any atom is 0.215 e. The predicted octanol–water partition coefficient (Wildman–Crippen LogP) is 1.77. The fourth-order valence-corrected chi connectivity index (χ4v) is 3.64. The molecule has 1 aliphatic carbocycles. The van der Waals surface area contributed by atoms with Crippen molar-refractivity contribution in [3.63, 3.8) is 0 Å². The lowest BCUT2D eigenvalue weighted by Crippen LogP contribution is -2.27. The molecule has 7 heteroatoms. The van der Waals surface area contributed by atoms with Crippen LogP contribution in [0.25, 0.3) is 11.1 Å². The Morgan fingerprint density at radius 1 is 1.36 bits per heavy atom. The maximum atomic E-state index is 11.8. The summed E-state index contributed by atoms with van der Waals surface area (Å²) in [7, 11) is -1.62. The Kier molecular flexibility index (Phi) is 4.93. The van der Waals surface area contributed by atoms with Gasteiger partial charge in [0, 0.05) is 17.3 Å². The summed E-state index contributed by atoms with van der Waals surface area (Å²) in [4.78, 5) is 4.18. The number of hydrogen-bond acceptors (Lipinski definition) is 5. The van der Waals surface area contributed by atoms with Gasteiger partial charge in [0.25, 0.3) is 0 Å². The number of methoxy groups -OCH3 is 1. The van der Waals surface area contributed by atoms with Gasteiger partial charge in [0.1, 0.15) is 11.6 Å². The molecule has 3 rings (SSSR count). The summed E-state index contributed by atoms with van der Waals surface area (Å²) in [6, 6.07) is 9.41. The lowest BCUT2D eigenvalue weighted by Gasteiger charge is -2.09. The number of nitrogens with two attached hydrogens (primary N) is 1. The zero-order chi connectivity index (χ0) is 17.9. The summed E-state index contributed by atoms with van der Waals surface area (Å²) in [6.45, 7) is 0.0527. The van der Waals surface area contributed by atoms with Crippen molar-refractivity contribution in [1.82, 2.24) is 9.71 Å². The number of rotatable bonds is 5.